The Morgan fingerprint density at radius 3 is 2.67 bits per heavy atom. The second kappa shape index (κ2) is 8.02. The van der Waals surface area contributed by atoms with E-state index in [4.69, 9.17) is 14.4 Å². The minimum atomic E-state index is -3.48. The van der Waals surface area contributed by atoms with Crippen molar-refractivity contribution >= 4 is 15.6 Å². The van der Waals surface area contributed by atoms with E-state index < -0.39 is 32.8 Å². The summed E-state index contributed by atoms with van der Waals surface area (Å²) >= 11 is 0. The Morgan fingerprint density at radius 1 is 1.27 bits per heavy atom. The second-order valence-electron chi connectivity index (χ2n) is 8.70. The molecule has 2 aromatic heterocycles. The highest BCUT2D eigenvalue weighted by Gasteiger charge is 2.47. The van der Waals surface area contributed by atoms with Crippen LogP contribution in [0.1, 0.15) is 42.9 Å². The lowest BCUT2D eigenvalue weighted by molar-refractivity contribution is 0.434. The molecule has 1 aliphatic heterocycles. The molecule has 0 spiro atoms. The van der Waals surface area contributed by atoms with Crippen molar-refractivity contribution in [3.63, 3.8) is 0 Å². The van der Waals surface area contributed by atoms with Crippen LogP contribution in [-0.4, -0.2) is 42.6 Å². The van der Waals surface area contributed by atoms with Crippen LogP contribution in [0.3, 0.4) is 0 Å². The molecule has 174 valence electrons. The summed E-state index contributed by atoms with van der Waals surface area (Å²) in [7, 11) is -3.48. The second-order valence-corrected chi connectivity index (χ2v) is 11.5. The van der Waals surface area contributed by atoms with Crippen LogP contribution in [-0.2, 0) is 21.7 Å². The van der Waals surface area contributed by atoms with Gasteiger partial charge in [0.15, 0.2) is 17.3 Å². The molecule has 0 radical (unpaired) electrons. The third kappa shape index (κ3) is 3.82. The van der Waals surface area contributed by atoms with Gasteiger partial charge in [0, 0.05) is 40.7 Å². The number of amidine groups is 1. The predicted octanol–water partition coefficient (Wildman–Crippen LogP) is 3.96. The highest BCUT2D eigenvalue weighted by atomic mass is 32.2. The maximum absolute atomic E-state index is 15.2. The van der Waals surface area contributed by atoms with Gasteiger partial charge in [0.05, 0.1) is 15.5 Å². The molecule has 1 aliphatic rings. The molecule has 2 N–H and O–H groups in total. The molecule has 0 fully saturated rings. The van der Waals surface area contributed by atoms with Gasteiger partial charge in [0.2, 0.25) is 0 Å². The fourth-order valence-corrected chi connectivity index (χ4v) is 5.73. The van der Waals surface area contributed by atoms with Gasteiger partial charge in [0.25, 0.3) is 0 Å². The summed E-state index contributed by atoms with van der Waals surface area (Å²) in [6.07, 6.45) is 4.22. The van der Waals surface area contributed by atoms with E-state index in [1.54, 1.807) is 25.4 Å². The lowest BCUT2D eigenvalue weighted by Crippen LogP contribution is -2.54. The van der Waals surface area contributed by atoms with Gasteiger partial charge in [-0.05, 0) is 51.0 Å². The number of aryl methyl sites for hydroxylation is 1. The van der Waals surface area contributed by atoms with Crippen LogP contribution in [0.2, 0.25) is 0 Å². The quantitative estimate of drug-likeness (QED) is 0.612. The SMILES string of the molecule is [2H]C([2H])([2H])N=S1(=O)C[C@@](C)(c2cc(-c3cc(-c4ncc(CC)cn4)no3)ccc2F)N=C(N)C1(C)C. The molecule has 33 heavy (non-hydrogen) atoms. The van der Waals surface area contributed by atoms with E-state index in [1.165, 1.54) is 32.0 Å². The summed E-state index contributed by atoms with van der Waals surface area (Å²) in [5.74, 6) is -0.292. The molecular weight excluding hydrogens is 443 g/mol. The number of hydrogen-bond acceptors (Lipinski definition) is 8. The van der Waals surface area contributed by atoms with Gasteiger partial charge >= 0.3 is 0 Å². The van der Waals surface area contributed by atoms with Crippen LogP contribution in [0, 0.1) is 5.82 Å². The molecule has 0 aliphatic carbocycles. The first-order valence-corrected chi connectivity index (χ1v) is 12.1. The smallest absolute Gasteiger partial charge is 0.181 e. The van der Waals surface area contributed by atoms with E-state index >= 15 is 4.39 Å². The molecule has 1 aromatic carbocycles. The van der Waals surface area contributed by atoms with Crippen molar-refractivity contribution in [3.05, 3.63) is 53.6 Å². The number of halogens is 1. The summed E-state index contributed by atoms with van der Waals surface area (Å²) in [5.41, 5.74) is 6.68. The zero-order valence-corrected chi connectivity index (χ0v) is 19.6. The zero-order chi connectivity index (χ0) is 26.5. The first-order chi connectivity index (χ1) is 16.7. The summed E-state index contributed by atoms with van der Waals surface area (Å²) in [5, 5.41) is 4.03. The van der Waals surface area contributed by atoms with E-state index in [2.05, 4.69) is 24.5 Å². The predicted molar refractivity (Wildman–Crippen MR) is 127 cm³/mol. The Hall–Kier alpha value is -3.14. The summed E-state index contributed by atoms with van der Waals surface area (Å²) in [6, 6.07) is 5.89. The first kappa shape index (κ1) is 19.3. The van der Waals surface area contributed by atoms with Gasteiger partial charge in [-0.2, -0.15) is 0 Å². The molecule has 8 nitrogen and oxygen atoms in total. The molecule has 2 atom stereocenters. The maximum atomic E-state index is 15.2. The van der Waals surface area contributed by atoms with Crippen molar-refractivity contribution in [3.8, 4) is 22.8 Å². The fraction of sp³-hybridized carbons (Fsp3) is 0.391. The Balaban J connectivity index is 1.78. The molecule has 3 aromatic rings. The monoisotopic (exact) mass is 473 g/mol. The van der Waals surface area contributed by atoms with Crippen molar-refractivity contribution in [2.45, 2.75) is 44.4 Å². The Labute approximate surface area is 196 Å². The molecule has 0 saturated heterocycles. The van der Waals surface area contributed by atoms with Crippen molar-refractivity contribution in [2.24, 2.45) is 15.1 Å². The van der Waals surface area contributed by atoms with Gasteiger partial charge in [-0.3, -0.25) is 4.99 Å². The van der Waals surface area contributed by atoms with Gasteiger partial charge < -0.3 is 10.3 Å². The molecular formula is C23H27FN6O2S. The van der Waals surface area contributed by atoms with Crippen molar-refractivity contribution in [1.29, 1.82) is 0 Å². The van der Waals surface area contributed by atoms with Crippen molar-refractivity contribution in [2.75, 3.05) is 12.7 Å². The standard InChI is InChI=1S/C23H27FN6O2S/c1-6-14-11-27-20(28-12-14)18-10-19(32-30-18)15-7-8-17(24)16(9-15)23(4)13-33(31,26-5)22(2,3)21(25)29-23/h7-12H,6,13H2,1-5H3,(H2,25,29)/t23-,33?/m0/s1/i5D3. The van der Waals surface area contributed by atoms with E-state index in [-0.39, 0.29) is 17.2 Å². The van der Waals surface area contributed by atoms with Crippen molar-refractivity contribution < 1.29 is 17.2 Å². The van der Waals surface area contributed by atoms with Crippen LogP contribution < -0.4 is 5.73 Å². The maximum Gasteiger partial charge on any atom is 0.181 e. The Kier molecular flexibility index (Phi) is 4.70. The zero-order valence-electron chi connectivity index (χ0n) is 21.8. The van der Waals surface area contributed by atoms with Gasteiger partial charge in [0.1, 0.15) is 21.9 Å². The largest absolute Gasteiger partial charge is 0.386 e. The van der Waals surface area contributed by atoms with Crippen LogP contribution in [0.15, 0.2) is 50.5 Å². The van der Waals surface area contributed by atoms with E-state index in [1.807, 2.05) is 6.92 Å². The molecule has 0 amide bonds. The molecule has 1 unspecified atom stereocenters. The number of hydrogen-bond donors (Lipinski definition) is 1. The third-order valence-corrected chi connectivity index (χ3v) is 9.14. The van der Waals surface area contributed by atoms with E-state index in [0.717, 1.165) is 12.0 Å². The number of benzene rings is 1. The van der Waals surface area contributed by atoms with Crippen molar-refractivity contribution in [1.82, 2.24) is 15.1 Å². The molecule has 0 bridgehead atoms. The molecule has 10 heteroatoms. The number of rotatable bonds is 4. The van der Waals surface area contributed by atoms with Crippen LogP contribution in [0.4, 0.5) is 4.39 Å². The van der Waals surface area contributed by atoms with Crippen LogP contribution >= 0.6 is 0 Å². The Morgan fingerprint density at radius 2 is 2.00 bits per heavy atom. The van der Waals surface area contributed by atoms with Gasteiger partial charge in [-0.15, -0.1) is 0 Å². The number of aromatic nitrogens is 3. The summed E-state index contributed by atoms with van der Waals surface area (Å²) < 4.78 is 59.6. The average Bonchev–Trinajstić information content (AvgIpc) is 3.27. The van der Waals surface area contributed by atoms with Gasteiger partial charge in [-0.1, -0.05) is 12.1 Å². The van der Waals surface area contributed by atoms with Crippen LogP contribution in [0.25, 0.3) is 22.8 Å². The minimum absolute atomic E-state index is 0.0614. The molecule has 4 rings (SSSR count). The highest BCUT2D eigenvalue weighted by molar-refractivity contribution is 7.95. The number of nitrogens with zero attached hydrogens (tertiary/aromatic N) is 5. The minimum Gasteiger partial charge on any atom is -0.386 e. The topological polar surface area (TPSA) is 120 Å². The molecule has 3 heterocycles. The number of aliphatic imine (C=N–C) groups is 1. The molecule has 0 saturated carbocycles. The lowest BCUT2D eigenvalue weighted by Gasteiger charge is -2.40. The normalized spacial score (nSPS) is 26.1. The van der Waals surface area contributed by atoms with E-state index in [0.29, 0.717) is 22.8 Å². The first-order valence-electron chi connectivity index (χ1n) is 11.9. The summed E-state index contributed by atoms with van der Waals surface area (Å²) in [4.78, 5) is 13.1. The number of nitrogens with two attached hydrogens (primary N) is 1. The third-order valence-electron chi connectivity index (χ3n) is 6.09. The fourth-order valence-electron chi connectivity index (χ4n) is 3.72. The highest BCUT2D eigenvalue weighted by Crippen LogP contribution is 2.40. The summed E-state index contributed by atoms with van der Waals surface area (Å²) in [6.45, 7) is 3.80. The van der Waals surface area contributed by atoms with Gasteiger partial charge in [-0.25, -0.2) is 22.9 Å². The lowest BCUT2D eigenvalue weighted by atomic mass is 9.91. The average molecular weight is 474 g/mol. The Bertz CT molecular complexity index is 1460. The van der Waals surface area contributed by atoms with Crippen LogP contribution in [0.5, 0.6) is 0 Å². The van der Waals surface area contributed by atoms with E-state index in [9.17, 15) is 4.21 Å².